The Morgan fingerprint density at radius 1 is 1.31 bits per heavy atom. The van der Waals surface area contributed by atoms with Gasteiger partial charge in [0.2, 0.25) is 5.43 Å². The van der Waals surface area contributed by atoms with Crippen LogP contribution in [0.25, 0.3) is 10.9 Å². The minimum atomic E-state index is -1.33. The number of aromatic hydroxyl groups is 1. The Morgan fingerprint density at radius 3 is 2.56 bits per heavy atom. The standard InChI is InChI=1S/C11H9NO4/c1-12-7-5-3-2-4-6(7)9(13)10(14)8(12)11(15)16/h2-5,14H,1H3,(H,15,16). The first-order valence-corrected chi connectivity index (χ1v) is 4.58. The number of pyridine rings is 1. The first kappa shape index (κ1) is 10.2. The van der Waals surface area contributed by atoms with E-state index >= 15 is 0 Å². The van der Waals surface area contributed by atoms with Crippen LogP contribution in [0, 0.1) is 0 Å². The topological polar surface area (TPSA) is 79.5 Å². The summed E-state index contributed by atoms with van der Waals surface area (Å²) in [7, 11) is 1.49. The fourth-order valence-corrected chi connectivity index (χ4v) is 1.72. The maximum atomic E-state index is 11.7. The number of carboxylic acids is 1. The molecular formula is C11H9NO4. The number of fused-ring (bicyclic) bond motifs is 1. The van der Waals surface area contributed by atoms with Gasteiger partial charge < -0.3 is 14.8 Å². The number of hydrogen-bond acceptors (Lipinski definition) is 3. The number of nitrogens with zero attached hydrogens (tertiary/aromatic N) is 1. The molecule has 0 atom stereocenters. The lowest BCUT2D eigenvalue weighted by Gasteiger charge is -2.10. The van der Waals surface area contributed by atoms with E-state index in [4.69, 9.17) is 5.11 Å². The van der Waals surface area contributed by atoms with E-state index in [-0.39, 0.29) is 0 Å². The van der Waals surface area contributed by atoms with Gasteiger partial charge in [-0.25, -0.2) is 4.79 Å². The van der Waals surface area contributed by atoms with Gasteiger partial charge in [0.05, 0.1) is 5.52 Å². The number of carbonyl (C=O) groups is 1. The first-order chi connectivity index (χ1) is 7.54. The van der Waals surface area contributed by atoms with Crippen molar-refractivity contribution in [3.8, 4) is 5.75 Å². The van der Waals surface area contributed by atoms with Crippen LogP contribution in [-0.4, -0.2) is 20.7 Å². The summed E-state index contributed by atoms with van der Waals surface area (Å²) < 4.78 is 1.29. The van der Waals surface area contributed by atoms with Crippen LogP contribution in [0.2, 0.25) is 0 Å². The molecule has 0 spiro atoms. The van der Waals surface area contributed by atoms with Gasteiger partial charge in [-0.15, -0.1) is 0 Å². The third kappa shape index (κ3) is 1.25. The van der Waals surface area contributed by atoms with Gasteiger partial charge >= 0.3 is 5.97 Å². The molecule has 1 aromatic heterocycles. The van der Waals surface area contributed by atoms with Crippen molar-refractivity contribution < 1.29 is 15.0 Å². The van der Waals surface area contributed by atoms with Crippen molar-refractivity contribution in [3.63, 3.8) is 0 Å². The lowest BCUT2D eigenvalue weighted by molar-refractivity contribution is 0.0682. The summed E-state index contributed by atoms with van der Waals surface area (Å²) in [6.45, 7) is 0. The van der Waals surface area contributed by atoms with Gasteiger partial charge in [0.25, 0.3) is 0 Å². The highest BCUT2D eigenvalue weighted by molar-refractivity contribution is 5.93. The maximum absolute atomic E-state index is 11.7. The van der Waals surface area contributed by atoms with E-state index < -0.39 is 22.8 Å². The zero-order valence-corrected chi connectivity index (χ0v) is 8.47. The first-order valence-electron chi connectivity index (χ1n) is 4.58. The molecule has 1 aromatic carbocycles. The molecular weight excluding hydrogens is 210 g/mol. The van der Waals surface area contributed by atoms with E-state index in [0.717, 1.165) is 0 Å². The van der Waals surface area contributed by atoms with Gasteiger partial charge in [0, 0.05) is 12.4 Å². The van der Waals surface area contributed by atoms with E-state index in [1.807, 2.05) is 0 Å². The zero-order valence-electron chi connectivity index (χ0n) is 8.47. The fourth-order valence-electron chi connectivity index (χ4n) is 1.72. The van der Waals surface area contributed by atoms with Crippen LogP contribution in [0.5, 0.6) is 5.75 Å². The summed E-state index contributed by atoms with van der Waals surface area (Å²) in [5, 5.41) is 18.7. The second-order valence-electron chi connectivity index (χ2n) is 3.41. The summed E-state index contributed by atoms with van der Waals surface area (Å²) in [5.74, 6) is -2.06. The van der Waals surface area contributed by atoms with Crippen LogP contribution >= 0.6 is 0 Å². The van der Waals surface area contributed by atoms with Gasteiger partial charge in [-0.2, -0.15) is 0 Å². The Balaban J connectivity index is 3.07. The average Bonchev–Trinajstić information content (AvgIpc) is 2.26. The number of carboxylic acid groups (broad SMARTS) is 1. The number of rotatable bonds is 1. The third-order valence-electron chi connectivity index (χ3n) is 2.49. The number of aryl methyl sites for hydroxylation is 1. The molecule has 0 amide bonds. The molecule has 2 aromatic rings. The van der Waals surface area contributed by atoms with Crippen LogP contribution in [0.3, 0.4) is 0 Å². The van der Waals surface area contributed by atoms with Gasteiger partial charge in [-0.3, -0.25) is 4.79 Å². The van der Waals surface area contributed by atoms with Crippen molar-refractivity contribution in [2.45, 2.75) is 0 Å². The average molecular weight is 219 g/mol. The number of aromatic nitrogens is 1. The number of benzene rings is 1. The Kier molecular flexibility index (Phi) is 2.16. The molecule has 2 rings (SSSR count). The molecule has 2 N–H and O–H groups in total. The number of para-hydroxylation sites is 1. The van der Waals surface area contributed by atoms with Crippen LogP contribution in [0.15, 0.2) is 29.1 Å². The predicted molar refractivity (Wildman–Crippen MR) is 57.8 cm³/mol. The molecule has 0 aliphatic carbocycles. The highest BCUT2D eigenvalue weighted by Gasteiger charge is 2.19. The lowest BCUT2D eigenvalue weighted by Crippen LogP contribution is -2.16. The molecule has 0 saturated carbocycles. The second-order valence-corrected chi connectivity index (χ2v) is 3.41. The molecule has 0 saturated heterocycles. The van der Waals surface area contributed by atoms with Gasteiger partial charge in [-0.05, 0) is 12.1 Å². The quantitative estimate of drug-likeness (QED) is 0.748. The molecule has 0 radical (unpaired) electrons. The molecule has 0 fully saturated rings. The molecule has 5 heteroatoms. The summed E-state index contributed by atoms with van der Waals surface area (Å²) in [6.07, 6.45) is 0. The van der Waals surface area contributed by atoms with Crippen LogP contribution in [0.1, 0.15) is 10.5 Å². The molecule has 82 valence electrons. The molecule has 0 unspecified atom stereocenters. The zero-order chi connectivity index (χ0) is 11.9. The van der Waals surface area contributed by atoms with E-state index in [9.17, 15) is 14.7 Å². The highest BCUT2D eigenvalue weighted by atomic mass is 16.4. The van der Waals surface area contributed by atoms with Gasteiger partial charge in [0.15, 0.2) is 11.4 Å². The monoisotopic (exact) mass is 219 g/mol. The van der Waals surface area contributed by atoms with E-state index in [1.54, 1.807) is 24.3 Å². The summed E-state index contributed by atoms with van der Waals surface area (Å²) in [5.41, 5.74) is -0.586. The number of hydrogen-bond donors (Lipinski definition) is 2. The molecule has 0 aliphatic rings. The Labute approximate surface area is 90.2 Å². The lowest BCUT2D eigenvalue weighted by atomic mass is 10.1. The maximum Gasteiger partial charge on any atom is 0.356 e. The van der Waals surface area contributed by atoms with Crippen molar-refractivity contribution in [2.24, 2.45) is 7.05 Å². The van der Waals surface area contributed by atoms with Crippen molar-refractivity contribution in [1.82, 2.24) is 4.57 Å². The van der Waals surface area contributed by atoms with Crippen molar-refractivity contribution in [1.29, 1.82) is 0 Å². The molecule has 5 nitrogen and oxygen atoms in total. The molecule has 1 heterocycles. The number of aromatic carboxylic acids is 1. The SMILES string of the molecule is Cn1c(C(=O)O)c(O)c(=O)c2ccccc21. The molecule has 0 aliphatic heterocycles. The summed E-state index contributed by atoms with van der Waals surface area (Å²) >= 11 is 0. The summed E-state index contributed by atoms with van der Waals surface area (Å²) in [4.78, 5) is 22.6. The smallest absolute Gasteiger partial charge is 0.356 e. The van der Waals surface area contributed by atoms with Crippen LogP contribution < -0.4 is 5.43 Å². The third-order valence-corrected chi connectivity index (χ3v) is 2.49. The van der Waals surface area contributed by atoms with Crippen LogP contribution in [0.4, 0.5) is 0 Å². The van der Waals surface area contributed by atoms with E-state index in [2.05, 4.69) is 0 Å². The Hall–Kier alpha value is -2.30. The highest BCUT2D eigenvalue weighted by Crippen LogP contribution is 2.18. The largest absolute Gasteiger partial charge is 0.502 e. The second kappa shape index (κ2) is 3.37. The minimum absolute atomic E-state index is 0.299. The van der Waals surface area contributed by atoms with E-state index in [1.165, 1.54) is 11.6 Å². The Morgan fingerprint density at radius 2 is 1.94 bits per heavy atom. The Bertz CT molecular complexity index is 642. The summed E-state index contributed by atoms with van der Waals surface area (Å²) in [6, 6.07) is 6.53. The van der Waals surface area contributed by atoms with Crippen molar-refractivity contribution in [2.75, 3.05) is 0 Å². The van der Waals surface area contributed by atoms with E-state index in [0.29, 0.717) is 10.9 Å². The van der Waals surface area contributed by atoms with Crippen molar-refractivity contribution in [3.05, 3.63) is 40.2 Å². The van der Waals surface area contributed by atoms with Gasteiger partial charge in [0.1, 0.15) is 0 Å². The van der Waals surface area contributed by atoms with Crippen molar-refractivity contribution >= 4 is 16.9 Å². The minimum Gasteiger partial charge on any atom is -0.502 e. The predicted octanol–water partition coefficient (Wildman–Crippen LogP) is 0.942. The van der Waals surface area contributed by atoms with Gasteiger partial charge in [-0.1, -0.05) is 12.1 Å². The fraction of sp³-hybridized carbons (Fsp3) is 0.0909. The molecule has 0 bridgehead atoms. The molecule has 16 heavy (non-hydrogen) atoms. The van der Waals surface area contributed by atoms with Crippen LogP contribution in [-0.2, 0) is 7.05 Å². The normalized spacial score (nSPS) is 10.6.